The fraction of sp³-hybridized carbons (Fsp3) is 0.455. The van der Waals surface area contributed by atoms with Gasteiger partial charge in [-0.3, -0.25) is 0 Å². The first-order valence-corrected chi connectivity index (χ1v) is 10.1. The van der Waals surface area contributed by atoms with Gasteiger partial charge in [0.05, 0.1) is 24.8 Å². The summed E-state index contributed by atoms with van der Waals surface area (Å²) in [6.45, 7) is 1.06. The van der Waals surface area contributed by atoms with Crippen molar-refractivity contribution >= 4 is 11.8 Å². The van der Waals surface area contributed by atoms with E-state index in [0.29, 0.717) is 24.7 Å². The molecule has 0 N–H and O–H groups in total. The van der Waals surface area contributed by atoms with Crippen LogP contribution in [-0.2, 0) is 10.9 Å². The topological polar surface area (TPSA) is 51.7 Å². The van der Waals surface area contributed by atoms with E-state index in [-0.39, 0.29) is 17.6 Å². The molecule has 0 amide bonds. The number of nitrogens with zero attached hydrogens (tertiary/aromatic N) is 2. The Morgan fingerprint density at radius 3 is 2.58 bits per heavy atom. The van der Waals surface area contributed by atoms with Crippen molar-refractivity contribution in [2.75, 3.05) is 25.1 Å². The fourth-order valence-corrected chi connectivity index (χ4v) is 3.82. The third-order valence-electron chi connectivity index (χ3n) is 5.59. The quantitative estimate of drug-likeness (QED) is 0.488. The molecule has 1 aromatic heterocycles. The normalized spacial score (nSPS) is 19.3. The minimum absolute atomic E-state index is 0.115. The maximum Gasteiger partial charge on any atom is 0.417 e. The highest BCUT2D eigenvalue weighted by Gasteiger charge is 2.33. The van der Waals surface area contributed by atoms with Gasteiger partial charge in [-0.05, 0) is 55.4 Å². The number of rotatable bonds is 5. The summed E-state index contributed by atoms with van der Waals surface area (Å²) in [6, 6.07) is 5.10. The first-order chi connectivity index (χ1) is 14.8. The van der Waals surface area contributed by atoms with Crippen molar-refractivity contribution in [2.45, 2.75) is 43.9 Å². The van der Waals surface area contributed by atoms with Gasteiger partial charge in [0.2, 0.25) is 0 Å². The van der Waals surface area contributed by atoms with E-state index in [0.717, 1.165) is 43.5 Å². The maximum atomic E-state index is 14.5. The van der Waals surface area contributed by atoms with Crippen molar-refractivity contribution in [3.63, 3.8) is 0 Å². The number of hydrogen-bond acceptors (Lipinski definition) is 5. The molecule has 0 unspecified atom stereocenters. The van der Waals surface area contributed by atoms with Crippen LogP contribution >= 0.6 is 0 Å². The molecular formula is C22H22F4N2O3. The minimum atomic E-state index is -4.43. The van der Waals surface area contributed by atoms with Crippen molar-refractivity contribution in [3.8, 4) is 5.75 Å². The molecule has 1 saturated heterocycles. The molecule has 4 rings (SSSR count). The Bertz CT molecular complexity index is 958. The van der Waals surface area contributed by atoms with Crippen molar-refractivity contribution in [1.82, 2.24) is 4.98 Å². The molecule has 1 aliphatic carbocycles. The third-order valence-corrected chi connectivity index (χ3v) is 5.59. The highest BCUT2D eigenvalue weighted by Crippen LogP contribution is 2.45. The molecule has 1 aromatic carbocycles. The van der Waals surface area contributed by atoms with Crippen LogP contribution in [0.25, 0.3) is 0 Å². The number of methoxy groups -OCH3 is 1. The zero-order valence-electron chi connectivity index (χ0n) is 16.9. The summed E-state index contributed by atoms with van der Waals surface area (Å²) in [5, 5.41) is 0. The zero-order chi connectivity index (χ0) is 22.2. The Morgan fingerprint density at radius 1 is 1.19 bits per heavy atom. The van der Waals surface area contributed by atoms with Crippen LogP contribution in [0.15, 0.2) is 30.5 Å². The van der Waals surface area contributed by atoms with Crippen molar-refractivity contribution in [3.05, 3.63) is 53.0 Å². The first-order valence-electron chi connectivity index (χ1n) is 10.1. The largest absolute Gasteiger partial charge is 0.488 e. The van der Waals surface area contributed by atoms with Gasteiger partial charge in [0.15, 0.2) is 0 Å². The highest BCUT2D eigenvalue weighted by atomic mass is 19.4. The summed E-state index contributed by atoms with van der Waals surface area (Å²) in [6.07, 6.45) is -0.524. The van der Waals surface area contributed by atoms with Crippen LogP contribution in [0.1, 0.15) is 53.1 Å². The Labute approximate surface area is 177 Å². The second-order valence-electron chi connectivity index (χ2n) is 7.87. The molecule has 166 valence electrons. The number of halogens is 4. The molecule has 1 aliphatic heterocycles. The summed E-state index contributed by atoms with van der Waals surface area (Å²) in [4.78, 5) is 17.7. The van der Waals surface area contributed by atoms with E-state index < -0.39 is 23.5 Å². The lowest BCUT2D eigenvalue weighted by atomic mass is 10.0. The molecule has 1 saturated carbocycles. The van der Waals surface area contributed by atoms with Gasteiger partial charge in [0, 0.05) is 18.8 Å². The van der Waals surface area contributed by atoms with Crippen LogP contribution in [0, 0.1) is 5.82 Å². The molecule has 0 bridgehead atoms. The summed E-state index contributed by atoms with van der Waals surface area (Å²) in [5.74, 6) is -0.377. The standard InChI is InChI=1S/C22H22F4N2O3/c1-30-21(29)17-9-16(13-4-5-13)19(10-18(17)23)31-15-3-2-8-28(12-15)20-7-6-14(11-27-20)22(24,25)26/h6-7,9-11,13,15H,2-5,8,12H2,1H3/t15-/m1/s1. The second kappa shape index (κ2) is 8.36. The van der Waals surface area contributed by atoms with E-state index in [1.165, 1.54) is 25.3 Å². The molecule has 5 nitrogen and oxygen atoms in total. The van der Waals surface area contributed by atoms with E-state index in [4.69, 9.17) is 4.74 Å². The number of anilines is 1. The molecule has 1 atom stereocenters. The lowest BCUT2D eigenvalue weighted by Crippen LogP contribution is -2.41. The number of pyridine rings is 1. The van der Waals surface area contributed by atoms with E-state index in [1.54, 1.807) is 0 Å². The third kappa shape index (κ3) is 4.75. The van der Waals surface area contributed by atoms with Gasteiger partial charge in [-0.25, -0.2) is 14.2 Å². The van der Waals surface area contributed by atoms with Gasteiger partial charge in [-0.15, -0.1) is 0 Å². The number of esters is 1. The van der Waals surface area contributed by atoms with Crippen molar-refractivity contribution < 1.29 is 31.8 Å². The monoisotopic (exact) mass is 438 g/mol. The average molecular weight is 438 g/mol. The van der Waals surface area contributed by atoms with Crippen LogP contribution in [0.3, 0.4) is 0 Å². The average Bonchev–Trinajstić information content (AvgIpc) is 3.58. The fourth-order valence-electron chi connectivity index (χ4n) is 3.82. The number of carbonyl (C=O) groups excluding carboxylic acids is 1. The molecule has 9 heteroatoms. The highest BCUT2D eigenvalue weighted by molar-refractivity contribution is 5.90. The summed E-state index contributed by atoms with van der Waals surface area (Å²) in [5.41, 5.74) is -0.126. The summed E-state index contributed by atoms with van der Waals surface area (Å²) >= 11 is 0. The zero-order valence-corrected chi connectivity index (χ0v) is 16.9. The number of alkyl halides is 3. The maximum absolute atomic E-state index is 14.5. The van der Waals surface area contributed by atoms with Gasteiger partial charge in [-0.2, -0.15) is 13.2 Å². The van der Waals surface area contributed by atoms with E-state index in [9.17, 15) is 22.4 Å². The van der Waals surface area contributed by atoms with Crippen LogP contribution in [-0.4, -0.2) is 37.3 Å². The number of ether oxygens (including phenoxy) is 2. The molecule has 2 fully saturated rings. The van der Waals surface area contributed by atoms with Gasteiger partial charge in [0.1, 0.15) is 23.5 Å². The molecule has 2 aromatic rings. The minimum Gasteiger partial charge on any atom is -0.488 e. The molecule has 2 heterocycles. The first kappa shape index (κ1) is 21.4. The number of aromatic nitrogens is 1. The lowest BCUT2D eigenvalue weighted by molar-refractivity contribution is -0.137. The van der Waals surface area contributed by atoms with E-state index >= 15 is 0 Å². The lowest BCUT2D eigenvalue weighted by Gasteiger charge is -2.34. The summed E-state index contributed by atoms with van der Waals surface area (Å²) in [7, 11) is 1.20. The van der Waals surface area contributed by atoms with Crippen molar-refractivity contribution in [2.24, 2.45) is 0 Å². The van der Waals surface area contributed by atoms with Gasteiger partial charge < -0.3 is 14.4 Å². The van der Waals surface area contributed by atoms with Crippen LogP contribution in [0.5, 0.6) is 5.75 Å². The summed E-state index contributed by atoms with van der Waals surface area (Å²) < 4.78 is 63.6. The van der Waals surface area contributed by atoms with E-state index in [2.05, 4.69) is 9.72 Å². The molecule has 0 radical (unpaired) electrons. The Kier molecular flexibility index (Phi) is 5.77. The van der Waals surface area contributed by atoms with Crippen LogP contribution in [0.2, 0.25) is 0 Å². The van der Waals surface area contributed by atoms with Gasteiger partial charge >= 0.3 is 12.1 Å². The van der Waals surface area contributed by atoms with Gasteiger partial charge in [0.25, 0.3) is 0 Å². The van der Waals surface area contributed by atoms with Crippen molar-refractivity contribution in [1.29, 1.82) is 0 Å². The Morgan fingerprint density at radius 2 is 1.97 bits per heavy atom. The predicted octanol–water partition coefficient (Wildman–Crippen LogP) is 4.95. The van der Waals surface area contributed by atoms with Crippen LogP contribution < -0.4 is 9.64 Å². The van der Waals surface area contributed by atoms with Gasteiger partial charge in [-0.1, -0.05) is 0 Å². The number of hydrogen-bond donors (Lipinski definition) is 0. The van der Waals surface area contributed by atoms with Crippen LogP contribution in [0.4, 0.5) is 23.4 Å². The molecule has 2 aliphatic rings. The predicted molar refractivity (Wildman–Crippen MR) is 105 cm³/mol. The number of piperidine rings is 1. The van der Waals surface area contributed by atoms with E-state index in [1.807, 2.05) is 4.90 Å². The Balaban J connectivity index is 1.51. The molecule has 31 heavy (non-hydrogen) atoms. The SMILES string of the molecule is COC(=O)c1cc(C2CC2)c(O[C@@H]2CCCN(c3ccc(C(F)(F)F)cn3)C2)cc1F. The smallest absolute Gasteiger partial charge is 0.417 e. The number of carbonyl (C=O) groups is 1. The Hall–Kier alpha value is -2.84. The number of benzene rings is 1. The molecular weight excluding hydrogens is 416 g/mol. The second-order valence-corrected chi connectivity index (χ2v) is 7.87. The molecule has 0 spiro atoms.